The van der Waals surface area contributed by atoms with Crippen LogP contribution < -0.4 is 0 Å². The Bertz CT molecular complexity index is 75.0. The molecule has 0 aliphatic carbocycles. The van der Waals surface area contributed by atoms with Gasteiger partial charge in [0.25, 0.3) is 0 Å². The topological polar surface area (TPSA) is 0 Å². The number of alkyl halides is 1. The zero-order valence-corrected chi connectivity index (χ0v) is 3.79. The van der Waals surface area contributed by atoms with Gasteiger partial charge in [0.2, 0.25) is 0 Å². The third-order valence-corrected chi connectivity index (χ3v) is 0.484. The van der Waals surface area contributed by atoms with Crippen LogP contribution in [0.4, 0.5) is 13.2 Å². The summed E-state index contributed by atoms with van der Waals surface area (Å²) in [6.07, 6.45) is -2.20. The average molecular weight is 110 g/mol. The molecule has 0 heterocycles. The summed E-state index contributed by atoms with van der Waals surface area (Å²) in [5.74, 6) is -1.36. The van der Waals surface area contributed by atoms with Crippen molar-refractivity contribution in [3.63, 3.8) is 0 Å². The fraction of sp³-hybridized carbons (Fsp3) is 0.500. The van der Waals surface area contributed by atoms with Crippen LogP contribution >= 0.6 is 0 Å². The Morgan fingerprint density at radius 1 is 1.71 bits per heavy atom. The van der Waals surface area contributed by atoms with Crippen molar-refractivity contribution in [3.05, 3.63) is 12.2 Å². The third-order valence-electron chi connectivity index (χ3n) is 0.484. The highest BCUT2D eigenvalue weighted by Crippen LogP contribution is 2.05. The number of allylic oxidation sites excluding steroid dienone is 1. The van der Waals surface area contributed by atoms with Crippen LogP contribution in [0.25, 0.3) is 0 Å². The number of halogens is 3. The molecular formula is C4H5F3. The van der Waals surface area contributed by atoms with Gasteiger partial charge in [-0.25, -0.2) is 13.2 Å². The molecule has 0 nitrogen and oxygen atoms in total. The van der Waals surface area contributed by atoms with Crippen LogP contribution in [0, 0.1) is 0 Å². The molecule has 0 rings (SSSR count). The van der Waals surface area contributed by atoms with E-state index in [4.69, 9.17) is 0 Å². The molecule has 3 heteroatoms. The minimum atomic E-state index is -1.81. The number of rotatable bonds is 1. The largest absolute Gasteiger partial charge is 0.240 e. The van der Waals surface area contributed by atoms with Crippen molar-refractivity contribution in [2.45, 2.75) is 13.1 Å². The lowest BCUT2D eigenvalue weighted by molar-refractivity contribution is 0.341. The Balaban J connectivity index is 3.56. The molecule has 0 saturated heterocycles. The van der Waals surface area contributed by atoms with Crippen molar-refractivity contribution in [2.75, 3.05) is 0 Å². The van der Waals surface area contributed by atoms with E-state index in [1.54, 1.807) is 0 Å². The molecule has 0 N–H and O–H groups in total. The lowest BCUT2D eigenvalue weighted by Gasteiger charge is -1.89. The van der Waals surface area contributed by atoms with Gasteiger partial charge in [-0.1, -0.05) is 0 Å². The predicted molar refractivity (Wildman–Crippen MR) is 20.9 cm³/mol. The Hall–Kier alpha value is -0.470. The summed E-state index contributed by atoms with van der Waals surface area (Å²) in [4.78, 5) is 0. The van der Waals surface area contributed by atoms with Gasteiger partial charge < -0.3 is 0 Å². The maximum Gasteiger partial charge on any atom is 0.162 e. The van der Waals surface area contributed by atoms with Crippen LogP contribution in [-0.4, -0.2) is 6.17 Å². The van der Waals surface area contributed by atoms with Crippen molar-refractivity contribution in [1.82, 2.24) is 0 Å². The van der Waals surface area contributed by atoms with E-state index in [1.807, 2.05) is 0 Å². The molecule has 0 aliphatic heterocycles. The summed E-state index contributed by atoms with van der Waals surface area (Å²) in [5, 5.41) is 0. The fourth-order valence-electron chi connectivity index (χ4n) is 0.0868. The van der Waals surface area contributed by atoms with Gasteiger partial charge in [-0.3, -0.25) is 0 Å². The zero-order valence-electron chi connectivity index (χ0n) is 3.79. The molecule has 0 saturated carbocycles. The van der Waals surface area contributed by atoms with E-state index in [9.17, 15) is 13.2 Å². The number of hydrogen-bond acceptors (Lipinski definition) is 0. The van der Waals surface area contributed by atoms with E-state index in [-0.39, 0.29) is 6.33 Å². The zero-order chi connectivity index (χ0) is 5.86. The molecule has 0 amide bonds. The van der Waals surface area contributed by atoms with Crippen molar-refractivity contribution in [1.29, 1.82) is 0 Å². The van der Waals surface area contributed by atoms with Gasteiger partial charge in [-0.15, -0.1) is 0 Å². The first-order valence-corrected chi connectivity index (χ1v) is 1.78. The van der Waals surface area contributed by atoms with Crippen molar-refractivity contribution in [2.24, 2.45) is 0 Å². The van der Waals surface area contributed by atoms with Gasteiger partial charge in [-0.2, -0.15) is 0 Å². The van der Waals surface area contributed by atoms with E-state index in [0.29, 0.717) is 0 Å². The Kier molecular flexibility index (Phi) is 2.48. The van der Waals surface area contributed by atoms with Crippen LogP contribution in [0.15, 0.2) is 12.2 Å². The third kappa shape index (κ3) is 2.25. The highest BCUT2D eigenvalue weighted by molar-refractivity contribution is 4.90. The summed E-state index contributed by atoms with van der Waals surface area (Å²) >= 11 is 0. The van der Waals surface area contributed by atoms with Crippen LogP contribution in [0.3, 0.4) is 0 Å². The second-order valence-electron chi connectivity index (χ2n) is 1.11. The molecule has 1 atom stereocenters. The molecule has 0 fully saturated rings. The first-order valence-electron chi connectivity index (χ1n) is 1.78. The monoisotopic (exact) mass is 110 g/mol. The van der Waals surface area contributed by atoms with Gasteiger partial charge in [0.15, 0.2) is 12.0 Å². The molecule has 1 unspecified atom stereocenters. The molecule has 0 radical (unpaired) electrons. The Labute approximate surface area is 39.6 Å². The van der Waals surface area contributed by atoms with Crippen molar-refractivity contribution >= 4 is 0 Å². The van der Waals surface area contributed by atoms with Crippen LogP contribution in [-0.2, 0) is 0 Å². The lowest BCUT2D eigenvalue weighted by atomic mass is 10.4. The quantitative estimate of drug-likeness (QED) is 0.485. The second-order valence-corrected chi connectivity index (χ2v) is 1.11. The Morgan fingerprint density at radius 2 is 2.14 bits per heavy atom. The van der Waals surface area contributed by atoms with E-state index in [1.165, 1.54) is 0 Å². The molecular weight excluding hydrogens is 105 g/mol. The van der Waals surface area contributed by atoms with Gasteiger partial charge in [0, 0.05) is 0 Å². The molecule has 0 aromatic carbocycles. The molecule has 0 spiro atoms. The highest BCUT2D eigenvalue weighted by Gasteiger charge is 2.02. The maximum atomic E-state index is 11.4. The Morgan fingerprint density at radius 3 is 2.14 bits per heavy atom. The van der Waals surface area contributed by atoms with E-state index >= 15 is 0 Å². The highest BCUT2D eigenvalue weighted by atomic mass is 19.2. The van der Waals surface area contributed by atoms with Gasteiger partial charge >= 0.3 is 0 Å². The minimum absolute atomic E-state index is 0.384. The second kappa shape index (κ2) is 2.66. The lowest BCUT2D eigenvalue weighted by Crippen LogP contribution is -1.89. The molecule has 0 aromatic rings. The molecule has 0 bridgehead atoms. The van der Waals surface area contributed by atoms with E-state index in [0.717, 1.165) is 6.92 Å². The maximum absolute atomic E-state index is 11.4. The fourth-order valence-corrected chi connectivity index (χ4v) is 0.0868. The normalized spacial score (nSPS) is 16.9. The van der Waals surface area contributed by atoms with Crippen molar-refractivity contribution < 1.29 is 13.2 Å². The predicted octanol–water partition coefficient (Wildman–Crippen LogP) is 2.12. The minimum Gasteiger partial charge on any atom is -0.240 e. The van der Waals surface area contributed by atoms with Crippen LogP contribution in [0.2, 0.25) is 0 Å². The molecule has 42 valence electrons. The van der Waals surface area contributed by atoms with Crippen LogP contribution in [0.5, 0.6) is 0 Å². The molecule has 7 heavy (non-hydrogen) atoms. The van der Waals surface area contributed by atoms with Crippen molar-refractivity contribution in [3.8, 4) is 0 Å². The van der Waals surface area contributed by atoms with Crippen LogP contribution in [0.1, 0.15) is 6.92 Å². The summed E-state index contributed by atoms with van der Waals surface area (Å²) in [6.45, 7) is 0.922. The molecule has 0 aromatic heterocycles. The van der Waals surface area contributed by atoms with Gasteiger partial charge in [0.05, 0.1) is 0 Å². The first kappa shape index (κ1) is 6.53. The van der Waals surface area contributed by atoms with Gasteiger partial charge in [-0.05, 0) is 6.92 Å². The van der Waals surface area contributed by atoms with E-state index < -0.39 is 12.0 Å². The SMILES string of the molecule is CC(F)C(F)=CF. The summed E-state index contributed by atoms with van der Waals surface area (Å²) in [6, 6.07) is 0. The summed E-state index contributed by atoms with van der Waals surface area (Å²) in [5.41, 5.74) is 0. The smallest absolute Gasteiger partial charge is 0.162 e. The van der Waals surface area contributed by atoms with E-state index in [2.05, 4.69) is 0 Å². The summed E-state index contributed by atoms with van der Waals surface area (Å²) < 4.78 is 33.6. The van der Waals surface area contributed by atoms with Gasteiger partial charge in [0.1, 0.15) is 6.33 Å². The number of hydrogen-bond donors (Lipinski definition) is 0. The molecule has 0 aliphatic rings. The standard InChI is InChI=1S/C4H5F3/c1-3(6)4(7)2-5/h2-3H,1H3. The first-order chi connectivity index (χ1) is 3.18. The average Bonchev–Trinajstić information content (AvgIpc) is 1.65. The summed E-state index contributed by atoms with van der Waals surface area (Å²) in [7, 11) is 0.